The van der Waals surface area contributed by atoms with Gasteiger partial charge in [-0.1, -0.05) is 32.6 Å². The number of nitrogens with one attached hydrogen (secondary N) is 1. The van der Waals surface area contributed by atoms with Crippen molar-refractivity contribution in [2.45, 2.75) is 57.9 Å². The molecule has 0 aliphatic heterocycles. The Morgan fingerprint density at radius 3 is 2.76 bits per heavy atom. The zero-order valence-electron chi connectivity index (χ0n) is 12.8. The summed E-state index contributed by atoms with van der Waals surface area (Å²) in [5.41, 5.74) is 7.64. The smallest absolute Gasteiger partial charge is 0.276 e. The second kappa shape index (κ2) is 7.45. The normalized spacial score (nSPS) is 16.1. The van der Waals surface area contributed by atoms with Gasteiger partial charge < -0.3 is 15.7 Å². The maximum atomic E-state index is 12.7. The fourth-order valence-electron chi connectivity index (χ4n) is 3.08. The summed E-state index contributed by atoms with van der Waals surface area (Å²) in [5.74, 6) is -0.160. The number of amides is 1. The van der Waals surface area contributed by atoms with Gasteiger partial charge in [0.05, 0.1) is 18.0 Å². The molecule has 0 spiro atoms. The molecule has 1 saturated carbocycles. The van der Waals surface area contributed by atoms with Gasteiger partial charge >= 0.3 is 0 Å². The maximum absolute atomic E-state index is 12.7. The molecule has 0 atom stereocenters. The van der Waals surface area contributed by atoms with Gasteiger partial charge in [0.1, 0.15) is 0 Å². The van der Waals surface area contributed by atoms with Crippen molar-refractivity contribution in [1.29, 1.82) is 0 Å². The lowest BCUT2D eigenvalue weighted by molar-refractivity contribution is 0.0580. The van der Waals surface area contributed by atoms with E-state index in [1.54, 1.807) is 4.90 Å². The molecule has 1 fully saturated rings. The lowest BCUT2D eigenvalue weighted by atomic mass is 9.94. The Balaban J connectivity index is 2.17. The standard InChI is InChI=1S/C15H26N4O2/c1-2-6-12-13(16)14(18-17-12)15(21)19(9-10-20)11-7-4-3-5-8-11/h11,20H,2-10,16H2,1H3,(H,17,18). The molecule has 1 aromatic rings. The van der Waals surface area contributed by atoms with Gasteiger partial charge in [-0.2, -0.15) is 5.10 Å². The minimum absolute atomic E-state index is 0.0333. The molecule has 0 unspecified atom stereocenters. The first-order valence-corrected chi connectivity index (χ1v) is 7.93. The molecule has 1 aliphatic rings. The number of aliphatic hydroxyl groups is 1. The fraction of sp³-hybridized carbons (Fsp3) is 0.733. The van der Waals surface area contributed by atoms with Crippen LogP contribution in [-0.2, 0) is 6.42 Å². The van der Waals surface area contributed by atoms with Crippen molar-refractivity contribution in [1.82, 2.24) is 15.1 Å². The summed E-state index contributed by atoms with van der Waals surface area (Å²) in [4.78, 5) is 14.5. The highest BCUT2D eigenvalue weighted by Gasteiger charge is 2.29. The molecule has 0 bridgehead atoms. The fourth-order valence-corrected chi connectivity index (χ4v) is 3.08. The van der Waals surface area contributed by atoms with Gasteiger partial charge in [-0.15, -0.1) is 0 Å². The number of nitrogen functional groups attached to an aromatic ring is 1. The number of carbonyl (C=O) groups is 1. The number of rotatable bonds is 6. The number of hydrogen-bond acceptors (Lipinski definition) is 4. The minimum Gasteiger partial charge on any atom is -0.395 e. The van der Waals surface area contributed by atoms with E-state index in [9.17, 15) is 9.90 Å². The third kappa shape index (κ3) is 3.56. The molecule has 4 N–H and O–H groups in total. The van der Waals surface area contributed by atoms with Crippen LogP contribution in [0.2, 0.25) is 0 Å². The Hall–Kier alpha value is -1.56. The molecule has 2 rings (SSSR count). The van der Waals surface area contributed by atoms with Gasteiger partial charge in [-0.3, -0.25) is 9.89 Å². The molecule has 6 nitrogen and oxygen atoms in total. The summed E-state index contributed by atoms with van der Waals surface area (Å²) in [7, 11) is 0. The van der Waals surface area contributed by atoms with Crippen LogP contribution in [0.1, 0.15) is 61.6 Å². The number of nitrogens with zero attached hydrogens (tertiary/aromatic N) is 2. The highest BCUT2D eigenvalue weighted by Crippen LogP contribution is 2.25. The number of aromatic nitrogens is 2. The number of nitrogens with two attached hydrogens (primary N) is 1. The maximum Gasteiger partial charge on any atom is 0.276 e. The first-order valence-electron chi connectivity index (χ1n) is 7.93. The van der Waals surface area contributed by atoms with Gasteiger partial charge in [-0.25, -0.2) is 0 Å². The number of aromatic amines is 1. The van der Waals surface area contributed by atoms with Crippen molar-refractivity contribution in [2.75, 3.05) is 18.9 Å². The molecule has 1 aromatic heterocycles. The zero-order chi connectivity index (χ0) is 15.2. The molecule has 0 aromatic carbocycles. The van der Waals surface area contributed by atoms with E-state index in [0.29, 0.717) is 17.9 Å². The van der Waals surface area contributed by atoms with Crippen molar-refractivity contribution in [2.24, 2.45) is 0 Å². The van der Waals surface area contributed by atoms with Crippen molar-refractivity contribution in [3.05, 3.63) is 11.4 Å². The van der Waals surface area contributed by atoms with Crippen LogP contribution in [0.4, 0.5) is 5.69 Å². The van der Waals surface area contributed by atoms with E-state index in [1.807, 2.05) is 0 Å². The molecular weight excluding hydrogens is 268 g/mol. The lowest BCUT2D eigenvalue weighted by Gasteiger charge is -2.33. The predicted octanol–water partition coefficient (Wildman–Crippen LogP) is 1.71. The van der Waals surface area contributed by atoms with Gasteiger partial charge in [0.25, 0.3) is 5.91 Å². The highest BCUT2D eigenvalue weighted by molar-refractivity contribution is 5.97. The highest BCUT2D eigenvalue weighted by atomic mass is 16.3. The van der Waals surface area contributed by atoms with E-state index in [4.69, 9.17) is 5.73 Å². The van der Waals surface area contributed by atoms with Crippen molar-refractivity contribution in [3.63, 3.8) is 0 Å². The molecule has 118 valence electrons. The second-order valence-corrected chi connectivity index (χ2v) is 5.73. The zero-order valence-corrected chi connectivity index (χ0v) is 12.8. The van der Waals surface area contributed by atoms with Crippen LogP contribution in [-0.4, -0.2) is 45.3 Å². The van der Waals surface area contributed by atoms with E-state index in [0.717, 1.165) is 44.2 Å². The van der Waals surface area contributed by atoms with Crippen LogP contribution in [0.3, 0.4) is 0 Å². The van der Waals surface area contributed by atoms with Gasteiger partial charge in [0.15, 0.2) is 5.69 Å². The second-order valence-electron chi connectivity index (χ2n) is 5.73. The monoisotopic (exact) mass is 294 g/mol. The summed E-state index contributed by atoms with van der Waals surface area (Å²) in [6.45, 7) is 2.37. The number of hydrogen-bond donors (Lipinski definition) is 3. The third-order valence-electron chi connectivity index (χ3n) is 4.20. The number of H-pyrrole nitrogens is 1. The van der Waals surface area contributed by atoms with Gasteiger partial charge in [-0.05, 0) is 19.3 Å². The molecule has 0 radical (unpaired) electrons. The summed E-state index contributed by atoms with van der Waals surface area (Å²) in [6.07, 6.45) is 7.23. The summed E-state index contributed by atoms with van der Waals surface area (Å²) in [6, 6.07) is 0.198. The van der Waals surface area contributed by atoms with Gasteiger partial charge in [0.2, 0.25) is 0 Å². The quantitative estimate of drug-likeness (QED) is 0.744. The average molecular weight is 294 g/mol. The van der Waals surface area contributed by atoms with E-state index in [-0.39, 0.29) is 18.6 Å². The molecule has 0 saturated heterocycles. The van der Waals surface area contributed by atoms with Crippen LogP contribution in [0.5, 0.6) is 0 Å². The van der Waals surface area contributed by atoms with E-state index in [1.165, 1.54) is 6.42 Å². The SMILES string of the molecule is CCCc1[nH]nc(C(=O)N(CCO)C2CCCCC2)c1N. The number of anilines is 1. The minimum atomic E-state index is -0.160. The largest absolute Gasteiger partial charge is 0.395 e. The molecule has 21 heavy (non-hydrogen) atoms. The Bertz CT molecular complexity index is 466. The number of aryl methyl sites for hydroxylation is 1. The molecule has 1 amide bonds. The number of aliphatic hydroxyl groups excluding tert-OH is 1. The molecular formula is C15H26N4O2. The van der Waals surface area contributed by atoms with Gasteiger partial charge in [0, 0.05) is 12.6 Å². The van der Waals surface area contributed by atoms with Crippen LogP contribution >= 0.6 is 0 Å². The average Bonchev–Trinajstić information content (AvgIpc) is 2.87. The first-order chi connectivity index (χ1) is 10.2. The third-order valence-corrected chi connectivity index (χ3v) is 4.20. The van der Waals surface area contributed by atoms with Crippen LogP contribution in [0, 0.1) is 0 Å². The van der Waals surface area contributed by atoms with E-state index in [2.05, 4.69) is 17.1 Å². The van der Waals surface area contributed by atoms with Crippen LogP contribution in [0.25, 0.3) is 0 Å². The van der Waals surface area contributed by atoms with Crippen LogP contribution < -0.4 is 5.73 Å². The van der Waals surface area contributed by atoms with Crippen molar-refractivity contribution in [3.8, 4) is 0 Å². The first kappa shape index (κ1) is 15.8. The van der Waals surface area contributed by atoms with E-state index >= 15 is 0 Å². The van der Waals surface area contributed by atoms with Crippen molar-refractivity contribution >= 4 is 11.6 Å². The predicted molar refractivity (Wildman–Crippen MR) is 82.0 cm³/mol. The Labute approximate surface area is 125 Å². The van der Waals surface area contributed by atoms with E-state index < -0.39 is 0 Å². The summed E-state index contributed by atoms with van der Waals surface area (Å²) < 4.78 is 0. The molecule has 1 aliphatic carbocycles. The summed E-state index contributed by atoms with van der Waals surface area (Å²) in [5, 5.41) is 16.2. The molecule has 6 heteroatoms. The Kier molecular flexibility index (Phi) is 5.61. The van der Waals surface area contributed by atoms with Crippen LogP contribution in [0.15, 0.2) is 0 Å². The summed E-state index contributed by atoms with van der Waals surface area (Å²) >= 11 is 0. The number of carbonyl (C=O) groups excluding carboxylic acids is 1. The molecule has 1 heterocycles. The topological polar surface area (TPSA) is 95.2 Å². The van der Waals surface area contributed by atoms with Crippen molar-refractivity contribution < 1.29 is 9.90 Å². The lowest BCUT2D eigenvalue weighted by Crippen LogP contribution is -2.43. The Morgan fingerprint density at radius 1 is 1.43 bits per heavy atom. The Morgan fingerprint density at radius 2 is 2.14 bits per heavy atom.